The molecule has 1 fully saturated rings. The van der Waals surface area contributed by atoms with E-state index in [1.165, 1.54) is 0 Å². The van der Waals surface area contributed by atoms with E-state index >= 15 is 0 Å². The van der Waals surface area contributed by atoms with E-state index in [2.05, 4.69) is 34.9 Å². The number of aliphatic hydroxyl groups is 1. The van der Waals surface area contributed by atoms with Crippen LogP contribution in [0.4, 0.5) is 0 Å². The maximum absolute atomic E-state index is 10.9. The maximum atomic E-state index is 10.9. The lowest BCUT2D eigenvalue weighted by Crippen LogP contribution is -2.53. The summed E-state index contributed by atoms with van der Waals surface area (Å²) in [6.45, 7) is 6.79. The number of nitrogens with zero attached hydrogens (tertiary/aromatic N) is 2. The molecule has 1 heterocycles. The molecular formula is C15H26BrN3O. The Labute approximate surface area is 129 Å². The van der Waals surface area contributed by atoms with E-state index in [-0.39, 0.29) is 16.9 Å². The summed E-state index contributed by atoms with van der Waals surface area (Å²) in [4.78, 5) is 0. The Hall–Kier alpha value is -0.390. The Morgan fingerprint density at radius 3 is 2.60 bits per heavy atom. The van der Waals surface area contributed by atoms with Crippen molar-refractivity contribution in [3.8, 4) is 0 Å². The average molecular weight is 344 g/mol. The third kappa shape index (κ3) is 2.55. The molecule has 0 amide bonds. The number of hydrogen-bond donors (Lipinski definition) is 2. The van der Waals surface area contributed by atoms with Crippen molar-refractivity contribution in [2.24, 2.45) is 23.6 Å². The van der Waals surface area contributed by atoms with Crippen LogP contribution >= 0.6 is 15.9 Å². The van der Waals surface area contributed by atoms with Gasteiger partial charge in [0.25, 0.3) is 0 Å². The molecule has 2 rings (SSSR count). The van der Waals surface area contributed by atoms with Crippen molar-refractivity contribution >= 4 is 15.9 Å². The summed E-state index contributed by atoms with van der Waals surface area (Å²) < 4.78 is 2.95. The molecule has 1 aliphatic carbocycles. The maximum Gasteiger partial charge on any atom is 0.0738 e. The van der Waals surface area contributed by atoms with Crippen LogP contribution < -0.4 is 5.73 Å². The molecule has 1 aromatic rings. The minimum absolute atomic E-state index is 0.0717. The van der Waals surface area contributed by atoms with E-state index in [1.807, 2.05) is 18.7 Å². The second-order valence-corrected chi connectivity index (χ2v) is 7.75. The fourth-order valence-electron chi connectivity index (χ4n) is 3.67. The van der Waals surface area contributed by atoms with E-state index in [0.717, 1.165) is 41.5 Å². The minimum atomic E-state index is -0.379. The van der Waals surface area contributed by atoms with Crippen LogP contribution in [0.5, 0.6) is 0 Å². The lowest BCUT2D eigenvalue weighted by Gasteiger charge is -2.49. The second kappa shape index (κ2) is 5.43. The Balaban J connectivity index is 2.37. The number of aliphatic hydroxyl groups excluding tert-OH is 1. The minimum Gasteiger partial charge on any atom is -0.392 e. The molecule has 20 heavy (non-hydrogen) atoms. The van der Waals surface area contributed by atoms with Crippen molar-refractivity contribution in [1.29, 1.82) is 0 Å². The van der Waals surface area contributed by atoms with Gasteiger partial charge in [-0.2, -0.15) is 5.10 Å². The third-order valence-corrected chi connectivity index (χ3v) is 6.04. The second-order valence-electron chi connectivity index (χ2n) is 6.96. The van der Waals surface area contributed by atoms with E-state index in [9.17, 15) is 5.11 Å². The molecule has 0 saturated heterocycles. The van der Waals surface area contributed by atoms with Crippen LogP contribution in [0.25, 0.3) is 0 Å². The van der Waals surface area contributed by atoms with E-state index in [1.54, 1.807) is 0 Å². The molecular weight excluding hydrogens is 318 g/mol. The molecule has 1 aromatic heterocycles. The normalized spacial score (nSPS) is 29.6. The summed E-state index contributed by atoms with van der Waals surface area (Å²) in [5.41, 5.74) is 7.90. The lowest BCUT2D eigenvalue weighted by molar-refractivity contribution is -0.0892. The van der Waals surface area contributed by atoms with Crippen LogP contribution in [0.3, 0.4) is 0 Å². The Morgan fingerprint density at radius 1 is 1.45 bits per heavy atom. The van der Waals surface area contributed by atoms with Crippen molar-refractivity contribution in [1.82, 2.24) is 9.78 Å². The number of nitrogens with two attached hydrogens (primary N) is 1. The van der Waals surface area contributed by atoms with Crippen molar-refractivity contribution in [3.05, 3.63) is 15.9 Å². The number of aromatic nitrogens is 2. The molecule has 3 N–H and O–H groups in total. The van der Waals surface area contributed by atoms with Gasteiger partial charge >= 0.3 is 0 Å². The summed E-state index contributed by atoms with van der Waals surface area (Å²) in [6.07, 6.45) is 3.55. The predicted molar refractivity (Wildman–Crippen MR) is 84.5 cm³/mol. The van der Waals surface area contributed by atoms with Crippen LogP contribution in [-0.2, 0) is 13.5 Å². The smallest absolute Gasteiger partial charge is 0.0738 e. The van der Waals surface area contributed by atoms with Gasteiger partial charge in [0.2, 0.25) is 0 Å². The summed E-state index contributed by atoms with van der Waals surface area (Å²) in [6, 6.07) is 0. The molecule has 0 aromatic carbocycles. The van der Waals surface area contributed by atoms with Gasteiger partial charge in [-0.1, -0.05) is 20.3 Å². The SMILES string of the molecule is Cc1nn(C)c(CC2(CN)CCCC(C)(C)C2O)c1Br. The first kappa shape index (κ1) is 16.0. The van der Waals surface area contributed by atoms with Gasteiger partial charge in [-0.25, -0.2) is 0 Å². The lowest BCUT2D eigenvalue weighted by atomic mass is 9.59. The largest absolute Gasteiger partial charge is 0.392 e. The van der Waals surface area contributed by atoms with Crippen molar-refractivity contribution in [2.45, 2.75) is 52.6 Å². The van der Waals surface area contributed by atoms with E-state index < -0.39 is 0 Å². The van der Waals surface area contributed by atoms with Gasteiger partial charge in [0.1, 0.15) is 0 Å². The van der Waals surface area contributed by atoms with Crippen LogP contribution in [0.15, 0.2) is 4.47 Å². The van der Waals surface area contributed by atoms with Crippen LogP contribution in [-0.4, -0.2) is 27.5 Å². The highest BCUT2D eigenvalue weighted by Gasteiger charge is 2.48. The van der Waals surface area contributed by atoms with Crippen molar-refractivity contribution < 1.29 is 5.11 Å². The van der Waals surface area contributed by atoms with Gasteiger partial charge in [-0.15, -0.1) is 0 Å². The quantitative estimate of drug-likeness (QED) is 0.886. The molecule has 0 aliphatic heterocycles. The Kier molecular flexibility index (Phi) is 4.34. The average Bonchev–Trinajstić information content (AvgIpc) is 2.61. The molecule has 2 unspecified atom stereocenters. The highest BCUT2D eigenvalue weighted by molar-refractivity contribution is 9.10. The number of rotatable bonds is 3. The highest BCUT2D eigenvalue weighted by Crippen LogP contribution is 2.48. The molecule has 0 spiro atoms. The van der Waals surface area contributed by atoms with Crippen molar-refractivity contribution in [3.63, 3.8) is 0 Å². The van der Waals surface area contributed by atoms with Gasteiger partial charge in [0.05, 0.1) is 22.0 Å². The van der Waals surface area contributed by atoms with Crippen LogP contribution in [0.2, 0.25) is 0 Å². The monoisotopic (exact) mass is 343 g/mol. The van der Waals surface area contributed by atoms with Crippen LogP contribution in [0.1, 0.15) is 44.5 Å². The zero-order valence-corrected chi connectivity index (χ0v) is 14.5. The van der Waals surface area contributed by atoms with Gasteiger partial charge in [-0.05, 0) is 47.5 Å². The number of hydrogen-bond acceptors (Lipinski definition) is 3. The molecule has 114 valence electrons. The highest BCUT2D eigenvalue weighted by atomic mass is 79.9. The molecule has 1 aliphatic rings. The Morgan fingerprint density at radius 2 is 2.10 bits per heavy atom. The molecule has 1 saturated carbocycles. The summed E-state index contributed by atoms with van der Waals surface area (Å²) in [5.74, 6) is 0. The van der Waals surface area contributed by atoms with Crippen LogP contribution in [0, 0.1) is 17.8 Å². The fourth-order valence-corrected chi connectivity index (χ4v) is 4.15. The predicted octanol–water partition coefficient (Wildman–Crippen LogP) is 2.55. The van der Waals surface area contributed by atoms with Gasteiger partial charge < -0.3 is 10.8 Å². The first-order valence-electron chi connectivity index (χ1n) is 7.29. The summed E-state index contributed by atoms with van der Waals surface area (Å²) >= 11 is 3.62. The topological polar surface area (TPSA) is 64.1 Å². The first-order chi connectivity index (χ1) is 9.23. The zero-order valence-electron chi connectivity index (χ0n) is 12.9. The first-order valence-corrected chi connectivity index (χ1v) is 8.09. The fraction of sp³-hybridized carbons (Fsp3) is 0.800. The molecule has 2 atom stereocenters. The number of halogens is 1. The van der Waals surface area contributed by atoms with E-state index in [0.29, 0.717) is 6.54 Å². The van der Waals surface area contributed by atoms with E-state index in [4.69, 9.17) is 5.73 Å². The third-order valence-electron chi connectivity index (χ3n) is 5.00. The summed E-state index contributed by atoms with van der Waals surface area (Å²) in [5, 5.41) is 15.3. The summed E-state index contributed by atoms with van der Waals surface area (Å²) in [7, 11) is 1.96. The Bertz CT molecular complexity index is 498. The molecule has 5 heteroatoms. The molecule has 4 nitrogen and oxygen atoms in total. The molecule has 0 radical (unpaired) electrons. The van der Waals surface area contributed by atoms with Gasteiger partial charge in [-0.3, -0.25) is 4.68 Å². The van der Waals surface area contributed by atoms with Crippen molar-refractivity contribution in [2.75, 3.05) is 6.54 Å². The standard InChI is InChI=1S/C15H26BrN3O/c1-10-12(16)11(19(4)18-10)8-15(9-17)7-5-6-14(2,3)13(15)20/h13,20H,5-9,17H2,1-4H3. The van der Waals surface area contributed by atoms with Gasteiger partial charge in [0, 0.05) is 19.0 Å². The van der Waals surface area contributed by atoms with Gasteiger partial charge in [0.15, 0.2) is 0 Å². The molecule has 0 bridgehead atoms. The number of aryl methyl sites for hydroxylation is 2. The zero-order chi connectivity index (χ0) is 15.1.